The van der Waals surface area contributed by atoms with E-state index < -0.39 is 5.91 Å². The van der Waals surface area contributed by atoms with Gasteiger partial charge in [-0.1, -0.05) is 24.3 Å². The number of halogens is 1. The van der Waals surface area contributed by atoms with Crippen LogP contribution in [0.5, 0.6) is 17.2 Å². The van der Waals surface area contributed by atoms with Crippen LogP contribution in [0.3, 0.4) is 0 Å². The molecule has 0 spiro atoms. The van der Waals surface area contributed by atoms with Crippen molar-refractivity contribution in [1.29, 1.82) is 0 Å². The van der Waals surface area contributed by atoms with Crippen LogP contribution in [-0.4, -0.2) is 13.0 Å². The molecule has 0 fully saturated rings. The molecular formula is C22H20FNO4. The molecule has 3 aromatic rings. The minimum absolute atomic E-state index is 0.263. The lowest BCUT2D eigenvalue weighted by Crippen LogP contribution is -2.13. The van der Waals surface area contributed by atoms with Crippen LogP contribution in [0.2, 0.25) is 0 Å². The fourth-order valence-corrected chi connectivity index (χ4v) is 2.54. The van der Waals surface area contributed by atoms with Gasteiger partial charge >= 0.3 is 0 Å². The van der Waals surface area contributed by atoms with E-state index in [0.717, 1.165) is 11.1 Å². The third-order valence-electron chi connectivity index (χ3n) is 4.09. The molecule has 0 bridgehead atoms. The molecule has 0 saturated heterocycles. The Morgan fingerprint density at radius 1 is 0.857 bits per heavy atom. The number of primary amides is 1. The van der Waals surface area contributed by atoms with Crippen LogP contribution >= 0.6 is 0 Å². The van der Waals surface area contributed by atoms with Gasteiger partial charge in [0.05, 0.1) is 12.7 Å². The van der Waals surface area contributed by atoms with Crippen molar-refractivity contribution in [3.63, 3.8) is 0 Å². The van der Waals surface area contributed by atoms with Gasteiger partial charge in [-0.2, -0.15) is 0 Å². The summed E-state index contributed by atoms with van der Waals surface area (Å²) in [6, 6.07) is 18.5. The van der Waals surface area contributed by atoms with Gasteiger partial charge in [-0.05, 0) is 53.6 Å². The highest BCUT2D eigenvalue weighted by atomic mass is 19.1. The molecule has 0 heterocycles. The normalized spacial score (nSPS) is 10.4. The number of carbonyl (C=O) groups excluding carboxylic acids is 1. The van der Waals surface area contributed by atoms with Crippen molar-refractivity contribution >= 4 is 5.91 Å². The van der Waals surface area contributed by atoms with Crippen molar-refractivity contribution in [2.24, 2.45) is 5.73 Å². The third-order valence-corrected chi connectivity index (χ3v) is 4.09. The molecular weight excluding hydrogens is 361 g/mol. The number of carbonyl (C=O) groups is 1. The second kappa shape index (κ2) is 8.90. The Morgan fingerprint density at radius 2 is 1.43 bits per heavy atom. The number of amides is 1. The molecule has 0 aliphatic rings. The summed E-state index contributed by atoms with van der Waals surface area (Å²) in [5, 5.41) is 0. The van der Waals surface area contributed by atoms with Gasteiger partial charge in [0.15, 0.2) is 0 Å². The molecule has 0 aliphatic carbocycles. The van der Waals surface area contributed by atoms with E-state index >= 15 is 0 Å². The largest absolute Gasteiger partial charge is 0.497 e. The number of hydrogen-bond donors (Lipinski definition) is 1. The van der Waals surface area contributed by atoms with Gasteiger partial charge in [0, 0.05) is 0 Å². The van der Waals surface area contributed by atoms with E-state index in [1.165, 1.54) is 19.2 Å². The minimum Gasteiger partial charge on any atom is -0.497 e. The van der Waals surface area contributed by atoms with Gasteiger partial charge in [0.2, 0.25) is 0 Å². The first-order valence-electron chi connectivity index (χ1n) is 8.62. The number of nitrogens with two attached hydrogens (primary N) is 1. The van der Waals surface area contributed by atoms with E-state index in [4.69, 9.17) is 19.9 Å². The van der Waals surface area contributed by atoms with Gasteiger partial charge in [-0.3, -0.25) is 4.79 Å². The summed E-state index contributed by atoms with van der Waals surface area (Å²) in [6.07, 6.45) is 0. The number of methoxy groups -OCH3 is 1. The molecule has 0 aliphatic heterocycles. The molecule has 1 amide bonds. The fourth-order valence-electron chi connectivity index (χ4n) is 2.54. The highest BCUT2D eigenvalue weighted by Crippen LogP contribution is 2.25. The van der Waals surface area contributed by atoms with E-state index in [1.54, 1.807) is 30.3 Å². The maximum Gasteiger partial charge on any atom is 0.252 e. The van der Waals surface area contributed by atoms with Gasteiger partial charge in [-0.25, -0.2) is 4.39 Å². The predicted octanol–water partition coefficient (Wildman–Crippen LogP) is 4.09. The quantitative estimate of drug-likeness (QED) is 0.638. The van der Waals surface area contributed by atoms with Crippen LogP contribution in [0.25, 0.3) is 0 Å². The Morgan fingerprint density at radius 3 is 2.04 bits per heavy atom. The topological polar surface area (TPSA) is 70.8 Å². The summed E-state index contributed by atoms with van der Waals surface area (Å²) < 4.78 is 29.4. The highest BCUT2D eigenvalue weighted by molar-refractivity contribution is 5.96. The zero-order chi connectivity index (χ0) is 19.9. The monoisotopic (exact) mass is 381 g/mol. The van der Waals surface area contributed by atoms with Crippen LogP contribution in [0.4, 0.5) is 4.39 Å². The first-order valence-corrected chi connectivity index (χ1v) is 8.62. The molecule has 144 valence electrons. The van der Waals surface area contributed by atoms with E-state index in [9.17, 15) is 9.18 Å². The molecule has 5 nitrogen and oxygen atoms in total. The fraction of sp³-hybridized carbons (Fsp3) is 0.136. The van der Waals surface area contributed by atoms with Crippen molar-refractivity contribution in [3.8, 4) is 17.2 Å². The molecule has 3 rings (SSSR count). The molecule has 3 aromatic carbocycles. The zero-order valence-electron chi connectivity index (χ0n) is 15.4. The van der Waals surface area contributed by atoms with Gasteiger partial charge in [0.25, 0.3) is 5.91 Å². The van der Waals surface area contributed by atoms with E-state index in [2.05, 4.69) is 0 Å². The molecule has 6 heteroatoms. The minimum atomic E-state index is -0.585. The Hall–Kier alpha value is -3.54. The van der Waals surface area contributed by atoms with Crippen molar-refractivity contribution in [2.75, 3.05) is 7.11 Å². The van der Waals surface area contributed by atoms with E-state index in [0.29, 0.717) is 23.9 Å². The maximum absolute atomic E-state index is 12.9. The first kappa shape index (κ1) is 19.2. The van der Waals surface area contributed by atoms with Crippen LogP contribution in [0.1, 0.15) is 21.5 Å². The Balaban J connectivity index is 1.58. The second-order valence-electron chi connectivity index (χ2n) is 6.07. The molecule has 2 N–H and O–H groups in total. The summed E-state index contributed by atoms with van der Waals surface area (Å²) >= 11 is 0. The lowest BCUT2D eigenvalue weighted by molar-refractivity contribution is 0.0995. The van der Waals surface area contributed by atoms with Crippen molar-refractivity contribution in [2.45, 2.75) is 13.2 Å². The Bertz CT molecular complexity index is 940. The number of hydrogen-bond acceptors (Lipinski definition) is 4. The summed E-state index contributed by atoms with van der Waals surface area (Å²) in [4.78, 5) is 11.6. The van der Waals surface area contributed by atoms with Crippen LogP contribution in [-0.2, 0) is 13.2 Å². The predicted molar refractivity (Wildman–Crippen MR) is 103 cm³/mol. The van der Waals surface area contributed by atoms with Crippen molar-refractivity contribution in [1.82, 2.24) is 0 Å². The average Bonchev–Trinajstić information content (AvgIpc) is 2.72. The Labute approximate surface area is 162 Å². The third kappa shape index (κ3) is 5.01. The lowest BCUT2D eigenvalue weighted by Gasteiger charge is -2.12. The Kier molecular flexibility index (Phi) is 6.11. The van der Waals surface area contributed by atoms with Gasteiger partial charge in [0.1, 0.15) is 36.3 Å². The molecule has 0 radical (unpaired) electrons. The number of rotatable bonds is 8. The SMILES string of the molecule is COc1ccc(OCc2ccc(OCc3ccc(F)cc3)cc2)c(C(N)=O)c1. The summed E-state index contributed by atoms with van der Waals surface area (Å²) in [5.41, 5.74) is 7.45. The maximum atomic E-state index is 12.9. The average molecular weight is 381 g/mol. The second-order valence-corrected chi connectivity index (χ2v) is 6.07. The highest BCUT2D eigenvalue weighted by Gasteiger charge is 2.11. The lowest BCUT2D eigenvalue weighted by atomic mass is 10.1. The van der Waals surface area contributed by atoms with E-state index in [1.807, 2.05) is 24.3 Å². The molecule has 28 heavy (non-hydrogen) atoms. The number of benzene rings is 3. The van der Waals surface area contributed by atoms with E-state index in [-0.39, 0.29) is 18.0 Å². The number of ether oxygens (including phenoxy) is 3. The van der Waals surface area contributed by atoms with Gasteiger partial charge in [-0.15, -0.1) is 0 Å². The molecule has 0 unspecified atom stereocenters. The molecule has 0 aromatic heterocycles. The summed E-state index contributed by atoms with van der Waals surface area (Å²) in [7, 11) is 1.51. The molecule has 0 saturated carbocycles. The first-order chi connectivity index (χ1) is 13.5. The summed E-state index contributed by atoms with van der Waals surface area (Å²) in [5.74, 6) is 0.756. The van der Waals surface area contributed by atoms with Crippen molar-refractivity contribution < 1.29 is 23.4 Å². The van der Waals surface area contributed by atoms with Gasteiger partial charge < -0.3 is 19.9 Å². The van der Waals surface area contributed by atoms with Crippen molar-refractivity contribution in [3.05, 3.63) is 89.2 Å². The molecule has 0 atom stereocenters. The smallest absolute Gasteiger partial charge is 0.252 e. The van der Waals surface area contributed by atoms with Crippen LogP contribution < -0.4 is 19.9 Å². The zero-order valence-corrected chi connectivity index (χ0v) is 15.4. The van der Waals surface area contributed by atoms with Crippen LogP contribution in [0, 0.1) is 5.82 Å². The standard InChI is InChI=1S/C22H20FNO4/c1-26-19-10-11-21(20(12-19)22(24)25)28-14-16-4-8-18(9-5-16)27-13-15-2-6-17(23)7-3-15/h2-12H,13-14H2,1H3,(H2,24,25). The summed E-state index contributed by atoms with van der Waals surface area (Å²) in [6.45, 7) is 0.620. The van der Waals surface area contributed by atoms with Crippen LogP contribution in [0.15, 0.2) is 66.7 Å².